The zero-order valence-corrected chi connectivity index (χ0v) is 16.0. The number of rotatable bonds is 8. The summed E-state index contributed by atoms with van der Waals surface area (Å²) >= 11 is 0. The van der Waals surface area contributed by atoms with Gasteiger partial charge in [0.25, 0.3) is 0 Å². The van der Waals surface area contributed by atoms with Gasteiger partial charge in [-0.1, -0.05) is 37.3 Å². The largest absolute Gasteiger partial charge is 0.493 e. The molecule has 4 heteroatoms. The molecule has 0 aliphatic heterocycles. The molecule has 0 bridgehead atoms. The first-order valence-corrected chi connectivity index (χ1v) is 9.43. The number of nitrogens with zero attached hydrogens (tertiary/aromatic N) is 1. The van der Waals surface area contributed by atoms with E-state index >= 15 is 0 Å². The number of amides is 1. The summed E-state index contributed by atoms with van der Waals surface area (Å²) in [5, 5.41) is 2.89. The fraction of sp³-hybridized carbons (Fsp3) is 0.167. The molecule has 0 radical (unpaired) electrons. The van der Waals surface area contributed by atoms with Crippen LogP contribution in [0.4, 0.5) is 5.69 Å². The van der Waals surface area contributed by atoms with Gasteiger partial charge in [0.05, 0.1) is 6.61 Å². The van der Waals surface area contributed by atoms with Crippen LogP contribution in [0.15, 0.2) is 79.1 Å². The lowest BCUT2D eigenvalue weighted by atomic mass is 10.1. The Kier molecular flexibility index (Phi) is 6.96. The molecule has 0 spiro atoms. The fourth-order valence-electron chi connectivity index (χ4n) is 2.75. The SMILES string of the molecule is CCCOc1ccccc1/C=C/C(=O)Nc1ccc(Cc2ccncc2)cc1. The molecule has 0 saturated heterocycles. The molecule has 1 N–H and O–H groups in total. The Morgan fingerprint density at radius 3 is 2.46 bits per heavy atom. The second kappa shape index (κ2) is 10.1. The maximum Gasteiger partial charge on any atom is 0.248 e. The van der Waals surface area contributed by atoms with Crippen molar-refractivity contribution in [2.75, 3.05) is 11.9 Å². The standard InChI is InChI=1S/C24H24N2O2/c1-2-17-28-23-6-4-3-5-21(23)9-12-24(27)26-22-10-7-19(8-11-22)18-20-13-15-25-16-14-20/h3-16H,2,17-18H2,1H3,(H,26,27)/b12-9+. The number of pyridine rings is 1. The number of para-hydroxylation sites is 1. The van der Waals surface area contributed by atoms with E-state index in [4.69, 9.17) is 4.74 Å². The van der Waals surface area contributed by atoms with Crippen molar-refractivity contribution < 1.29 is 9.53 Å². The van der Waals surface area contributed by atoms with Gasteiger partial charge in [-0.15, -0.1) is 0 Å². The van der Waals surface area contributed by atoms with Crippen molar-refractivity contribution in [2.45, 2.75) is 19.8 Å². The van der Waals surface area contributed by atoms with Crippen molar-refractivity contribution in [1.29, 1.82) is 0 Å². The predicted octanol–water partition coefficient (Wildman–Crippen LogP) is 5.11. The molecule has 1 aromatic heterocycles. The molecule has 0 fully saturated rings. The van der Waals surface area contributed by atoms with Gasteiger partial charge in [0.15, 0.2) is 0 Å². The maximum absolute atomic E-state index is 12.2. The van der Waals surface area contributed by atoms with Crippen LogP contribution >= 0.6 is 0 Å². The third-order valence-electron chi connectivity index (χ3n) is 4.17. The van der Waals surface area contributed by atoms with Gasteiger partial charge < -0.3 is 10.1 Å². The van der Waals surface area contributed by atoms with Gasteiger partial charge in [0.1, 0.15) is 5.75 Å². The van der Waals surface area contributed by atoms with Crippen molar-refractivity contribution in [3.05, 3.63) is 95.8 Å². The molecule has 142 valence electrons. The molecule has 1 amide bonds. The summed E-state index contributed by atoms with van der Waals surface area (Å²) < 4.78 is 5.71. The number of hydrogen-bond donors (Lipinski definition) is 1. The second-order valence-electron chi connectivity index (χ2n) is 6.44. The first kappa shape index (κ1) is 19.4. The lowest BCUT2D eigenvalue weighted by molar-refractivity contribution is -0.111. The van der Waals surface area contributed by atoms with Crippen molar-refractivity contribution in [1.82, 2.24) is 4.98 Å². The van der Waals surface area contributed by atoms with Gasteiger partial charge in [0, 0.05) is 29.7 Å². The van der Waals surface area contributed by atoms with Gasteiger partial charge in [-0.25, -0.2) is 0 Å². The van der Waals surface area contributed by atoms with E-state index in [0.29, 0.717) is 6.61 Å². The minimum Gasteiger partial charge on any atom is -0.493 e. The molecule has 3 aromatic rings. The van der Waals surface area contributed by atoms with E-state index in [1.165, 1.54) is 17.2 Å². The second-order valence-corrected chi connectivity index (χ2v) is 6.44. The first-order valence-electron chi connectivity index (χ1n) is 9.43. The Bertz CT molecular complexity index is 919. The van der Waals surface area contributed by atoms with Crippen LogP contribution in [-0.4, -0.2) is 17.5 Å². The predicted molar refractivity (Wildman–Crippen MR) is 113 cm³/mol. The number of benzene rings is 2. The number of aromatic nitrogens is 1. The highest BCUT2D eigenvalue weighted by molar-refractivity contribution is 6.02. The van der Waals surface area contributed by atoms with Crippen molar-refractivity contribution in [2.24, 2.45) is 0 Å². The van der Waals surface area contributed by atoms with E-state index in [2.05, 4.69) is 17.2 Å². The summed E-state index contributed by atoms with van der Waals surface area (Å²) in [4.78, 5) is 16.3. The molecular weight excluding hydrogens is 348 g/mol. The Morgan fingerprint density at radius 2 is 1.71 bits per heavy atom. The molecule has 1 heterocycles. The van der Waals surface area contributed by atoms with Crippen molar-refractivity contribution in [3.63, 3.8) is 0 Å². The molecule has 0 saturated carbocycles. The van der Waals surface area contributed by atoms with Crippen LogP contribution in [0.25, 0.3) is 6.08 Å². The molecular formula is C24H24N2O2. The fourth-order valence-corrected chi connectivity index (χ4v) is 2.75. The summed E-state index contributed by atoms with van der Waals surface area (Å²) in [6.07, 6.45) is 8.67. The normalized spacial score (nSPS) is 10.8. The quantitative estimate of drug-likeness (QED) is 0.559. The Hall–Kier alpha value is -3.40. The molecule has 0 atom stereocenters. The monoisotopic (exact) mass is 372 g/mol. The molecule has 28 heavy (non-hydrogen) atoms. The van der Waals surface area contributed by atoms with Crippen molar-refractivity contribution >= 4 is 17.7 Å². The van der Waals surface area contributed by atoms with Crippen LogP contribution < -0.4 is 10.1 Å². The Balaban J connectivity index is 1.58. The summed E-state index contributed by atoms with van der Waals surface area (Å²) in [7, 11) is 0. The average Bonchev–Trinajstić information content (AvgIpc) is 2.73. The summed E-state index contributed by atoms with van der Waals surface area (Å²) in [5.41, 5.74) is 4.04. The highest BCUT2D eigenvalue weighted by atomic mass is 16.5. The minimum absolute atomic E-state index is 0.174. The number of carbonyl (C=O) groups excluding carboxylic acids is 1. The lowest BCUT2D eigenvalue weighted by Crippen LogP contribution is -2.07. The third kappa shape index (κ3) is 5.81. The topological polar surface area (TPSA) is 51.2 Å². The molecule has 0 unspecified atom stereocenters. The summed E-state index contributed by atoms with van der Waals surface area (Å²) in [5.74, 6) is 0.612. The van der Waals surface area contributed by atoms with Gasteiger partial charge >= 0.3 is 0 Å². The van der Waals surface area contributed by atoms with E-state index in [0.717, 1.165) is 29.8 Å². The van der Waals surface area contributed by atoms with Gasteiger partial charge in [-0.05, 0) is 60.4 Å². The summed E-state index contributed by atoms with van der Waals surface area (Å²) in [6, 6.07) is 19.6. The molecule has 3 rings (SSSR count). The van der Waals surface area contributed by atoms with Gasteiger partial charge in [0.2, 0.25) is 5.91 Å². The molecule has 4 nitrogen and oxygen atoms in total. The summed E-state index contributed by atoms with van der Waals surface area (Å²) in [6.45, 7) is 2.72. The Labute approximate surface area is 165 Å². The minimum atomic E-state index is -0.174. The van der Waals surface area contributed by atoms with Gasteiger partial charge in [-0.2, -0.15) is 0 Å². The zero-order valence-electron chi connectivity index (χ0n) is 16.0. The number of anilines is 1. The molecule has 2 aromatic carbocycles. The van der Waals surface area contributed by atoms with Crippen LogP contribution in [-0.2, 0) is 11.2 Å². The third-order valence-corrected chi connectivity index (χ3v) is 4.17. The zero-order chi connectivity index (χ0) is 19.6. The first-order chi connectivity index (χ1) is 13.7. The van der Waals surface area contributed by atoms with E-state index in [1.54, 1.807) is 18.5 Å². The van der Waals surface area contributed by atoms with Crippen LogP contribution in [0.3, 0.4) is 0 Å². The lowest BCUT2D eigenvalue weighted by Gasteiger charge is -2.08. The van der Waals surface area contributed by atoms with E-state index < -0.39 is 0 Å². The highest BCUT2D eigenvalue weighted by Gasteiger charge is 2.02. The van der Waals surface area contributed by atoms with E-state index in [1.807, 2.05) is 60.7 Å². The van der Waals surface area contributed by atoms with Crippen LogP contribution in [0.5, 0.6) is 5.75 Å². The number of carbonyl (C=O) groups is 1. The van der Waals surface area contributed by atoms with Crippen molar-refractivity contribution in [3.8, 4) is 5.75 Å². The Morgan fingerprint density at radius 1 is 1.00 bits per heavy atom. The van der Waals surface area contributed by atoms with Crippen LogP contribution in [0.1, 0.15) is 30.0 Å². The van der Waals surface area contributed by atoms with E-state index in [9.17, 15) is 4.79 Å². The smallest absolute Gasteiger partial charge is 0.248 e. The van der Waals surface area contributed by atoms with E-state index in [-0.39, 0.29) is 5.91 Å². The van der Waals surface area contributed by atoms with Gasteiger partial charge in [-0.3, -0.25) is 9.78 Å². The van der Waals surface area contributed by atoms with Crippen LogP contribution in [0.2, 0.25) is 0 Å². The number of hydrogen-bond acceptors (Lipinski definition) is 3. The number of ether oxygens (including phenoxy) is 1. The number of nitrogens with one attached hydrogen (secondary N) is 1. The van der Waals surface area contributed by atoms with Crippen LogP contribution in [0, 0.1) is 0 Å². The highest BCUT2D eigenvalue weighted by Crippen LogP contribution is 2.20. The molecule has 0 aliphatic rings. The molecule has 0 aliphatic carbocycles. The average molecular weight is 372 g/mol. The maximum atomic E-state index is 12.2.